The van der Waals surface area contributed by atoms with Crippen LogP contribution in [0.4, 0.5) is 14.9 Å². The minimum atomic E-state index is -1.16. The van der Waals surface area contributed by atoms with Crippen LogP contribution in [0, 0.1) is 5.82 Å². The fourth-order valence-corrected chi connectivity index (χ4v) is 3.60. The van der Waals surface area contributed by atoms with Crippen molar-refractivity contribution < 1.29 is 38.1 Å². The quantitative estimate of drug-likeness (QED) is 0.349. The molecule has 1 aliphatic heterocycles. The number of nitrogens with zero attached hydrogens (tertiary/aromatic N) is 1. The highest BCUT2D eigenvalue weighted by atomic mass is 19.1. The summed E-state index contributed by atoms with van der Waals surface area (Å²) in [6.07, 6.45) is 1.31. The van der Waals surface area contributed by atoms with E-state index in [-0.39, 0.29) is 29.2 Å². The Balaban J connectivity index is 1.60. The number of carboxylic acids is 1. The molecule has 0 unspecified atom stereocenters. The van der Waals surface area contributed by atoms with Crippen LogP contribution in [0.15, 0.2) is 72.3 Å². The van der Waals surface area contributed by atoms with Gasteiger partial charge >= 0.3 is 12.0 Å². The number of imide groups is 2. The van der Waals surface area contributed by atoms with Crippen LogP contribution < -0.4 is 19.7 Å². The van der Waals surface area contributed by atoms with Crippen LogP contribution in [-0.4, -0.2) is 35.5 Å². The Morgan fingerprint density at radius 1 is 1.00 bits per heavy atom. The first-order chi connectivity index (χ1) is 17.8. The number of nitrogens with one attached hydrogen (secondary N) is 1. The minimum absolute atomic E-state index is 0.0244. The molecule has 9 nitrogen and oxygen atoms in total. The van der Waals surface area contributed by atoms with E-state index < -0.39 is 23.8 Å². The van der Waals surface area contributed by atoms with Gasteiger partial charge in [0.15, 0.2) is 11.5 Å². The third-order valence-electron chi connectivity index (χ3n) is 5.34. The lowest BCUT2D eigenvalue weighted by Gasteiger charge is -2.26. The number of ether oxygens (including phenoxy) is 2. The summed E-state index contributed by atoms with van der Waals surface area (Å²) in [5.41, 5.74) is 0.818. The molecule has 0 bridgehead atoms. The maximum atomic E-state index is 13.4. The Morgan fingerprint density at radius 2 is 1.76 bits per heavy atom. The number of carboxylic acid groups (broad SMARTS) is 1. The van der Waals surface area contributed by atoms with Crippen molar-refractivity contribution in [1.82, 2.24) is 5.32 Å². The van der Waals surface area contributed by atoms with Gasteiger partial charge in [-0.3, -0.25) is 14.9 Å². The highest BCUT2D eigenvalue weighted by molar-refractivity contribution is 6.39. The van der Waals surface area contributed by atoms with Gasteiger partial charge in [-0.15, -0.1) is 0 Å². The summed E-state index contributed by atoms with van der Waals surface area (Å²) >= 11 is 0. The second kappa shape index (κ2) is 10.7. The lowest BCUT2D eigenvalue weighted by molar-refractivity contribution is -0.122. The van der Waals surface area contributed by atoms with Crippen LogP contribution in [0.1, 0.15) is 28.4 Å². The number of carbonyl (C=O) groups is 4. The molecule has 0 spiro atoms. The largest absolute Gasteiger partial charge is 0.490 e. The van der Waals surface area contributed by atoms with Crippen molar-refractivity contribution in [3.8, 4) is 11.5 Å². The highest BCUT2D eigenvalue weighted by Gasteiger charge is 2.36. The van der Waals surface area contributed by atoms with Gasteiger partial charge < -0.3 is 14.6 Å². The van der Waals surface area contributed by atoms with E-state index in [4.69, 9.17) is 14.6 Å². The van der Waals surface area contributed by atoms with Crippen LogP contribution >= 0.6 is 0 Å². The maximum absolute atomic E-state index is 13.4. The van der Waals surface area contributed by atoms with E-state index >= 15 is 0 Å². The summed E-state index contributed by atoms with van der Waals surface area (Å²) in [7, 11) is 0. The molecular formula is C27H21FN2O7. The topological polar surface area (TPSA) is 122 Å². The fraction of sp³-hybridized carbons (Fsp3) is 0.111. The molecule has 188 valence electrons. The second-order valence-corrected chi connectivity index (χ2v) is 7.87. The number of urea groups is 1. The third kappa shape index (κ3) is 5.64. The summed E-state index contributed by atoms with van der Waals surface area (Å²) in [6.45, 7) is 2.18. The minimum Gasteiger partial charge on any atom is -0.490 e. The molecule has 3 aromatic rings. The van der Waals surface area contributed by atoms with Crippen molar-refractivity contribution in [3.05, 3.63) is 94.8 Å². The molecule has 3 aromatic carbocycles. The van der Waals surface area contributed by atoms with Crippen molar-refractivity contribution in [2.45, 2.75) is 13.5 Å². The Morgan fingerprint density at radius 3 is 2.43 bits per heavy atom. The smallest absolute Gasteiger partial charge is 0.335 e. The molecule has 1 heterocycles. The van der Waals surface area contributed by atoms with Crippen LogP contribution in [0.5, 0.6) is 11.5 Å². The van der Waals surface area contributed by atoms with Gasteiger partial charge in [-0.05, 0) is 72.7 Å². The SMILES string of the molecule is CCOc1cc(/C=C2\C(=O)NC(=O)N(c3ccc(C(=O)O)cc3)C2=O)ccc1OCc1cccc(F)c1. The van der Waals surface area contributed by atoms with E-state index in [9.17, 15) is 23.6 Å². The van der Waals surface area contributed by atoms with Gasteiger partial charge in [-0.25, -0.2) is 18.9 Å². The molecule has 37 heavy (non-hydrogen) atoms. The Kier molecular flexibility index (Phi) is 7.28. The zero-order chi connectivity index (χ0) is 26.5. The summed E-state index contributed by atoms with van der Waals surface area (Å²) in [5, 5.41) is 11.2. The Bertz CT molecular complexity index is 1420. The lowest BCUT2D eigenvalue weighted by Crippen LogP contribution is -2.54. The van der Waals surface area contributed by atoms with Crippen molar-refractivity contribution in [3.63, 3.8) is 0 Å². The average molecular weight is 504 g/mol. The zero-order valence-corrected chi connectivity index (χ0v) is 19.6. The Hall–Kier alpha value is -4.99. The number of carbonyl (C=O) groups excluding carboxylic acids is 3. The van der Waals surface area contributed by atoms with Crippen LogP contribution in [0.25, 0.3) is 6.08 Å². The summed E-state index contributed by atoms with van der Waals surface area (Å²) in [4.78, 5) is 49.8. The number of aromatic carboxylic acids is 1. The number of amides is 4. The molecule has 4 rings (SSSR count). The molecule has 0 aliphatic carbocycles. The monoisotopic (exact) mass is 504 g/mol. The summed E-state index contributed by atoms with van der Waals surface area (Å²) in [6, 6.07) is 14.9. The van der Waals surface area contributed by atoms with Gasteiger partial charge in [0.25, 0.3) is 11.8 Å². The van der Waals surface area contributed by atoms with Crippen molar-refractivity contribution in [2.24, 2.45) is 0 Å². The molecule has 1 aliphatic rings. The lowest BCUT2D eigenvalue weighted by atomic mass is 10.1. The number of halogens is 1. The third-order valence-corrected chi connectivity index (χ3v) is 5.34. The number of barbiturate groups is 1. The van der Waals surface area contributed by atoms with Crippen molar-refractivity contribution in [1.29, 1.82) is 0 Å². The van der Waals surface area contributed by atoms with Gasteiger partial charge in [-0.1, -0.05) is 18.2 Å². The number of benzene rings is 3. The number of hydrogen-bond acceptors (Lipinski definition) is 6. The zero-order valence-electron chi connectivity index (χ0n) is 19.6. The van der Waals surface area contributed by atoms with Gasteiger partial charge in [0.2, 0.25) is 0 Å². The van der Waals surface area contributed by atoms with E-state index in [2.05, 4.69) is 5.32 Å². The standard InChI is InChI=1S/C27H21FN2O7/c1-2-36-23-14-16(6-11-22(23)37-15-17-4-3-5-19(28)12-17)13-21-24(31)29-27(35)30(25(21)32)20-9-7-18(8-10-20)26(33)34/h3-14H,2,15H2,1H3,(H,33,34)(H,29,31,35)/b21-13+. The molecule has 0 radical (unpaired) electrons. The molecule has 0 atom stereocenters. The van der Waals surface area contributed by atoms with Crippen LogP contribution in [0.2, 0.25) is 0 Å². The van der Waals surface area contributed by atoms with E-state index in [1.807, 2.05) is 0 Å². The molecular weight excluding hydrogens is 483 g/mol. The average Bonchev–Trinajstić information content (AvgIpc) is 2.86. The van der Waals surface area contributed by atoms with Crippen molar-refractivity contribution in [2.75, 3.05) is 11.5 Å². The molecule has 0 saturated carbocycles. The number of rotatable bonds is 8. The molecule has 2 N–H and O–H groups in total. The molecule has 4 amide bonds. The summed E-state index contributed by atoms with van der Waals surface area (Å²) < 4.78 is 24.9. The first kappa shape index (κ1) is 25.1. The number of hydrogen-bond donors (Lipinski definition) is 2. The predicted molar refractivity (Wildman–Crippen MR) is 131 cm³/mol. The highest BCUT2D eigenvalue weighted by Crippen LogP contribution is 2.31. The second-order valence-electron chi connectivity index (χ2n) is 7.87. The van der Waals surface area contributed by atoms with E-state index in [0.717, 1.165) is 4.90 Å². The summed E-state index contributed by atoms with van der Waals surface area (Å²) in [5.74, 6) is -2.57. The first-order valence-corrected chi connectivity index (χ1v) is 11.2. The fourth-order valence-electron chi connectivity index (χ4n) is 3.60. The van der Waals surface area contributed by atoms with Gasteiger partial charge in [0.1, 0.15) is 18.0 Å². The van der Waals surface area contributed by atoms with Gasteiger partial charge in [0, 0.05) is 0 Å². The molecule has 0 aromatic heterocycles. The van der Waals surface area contributed by atoms with Crippen LogP contribution in [-0.2, 0) is 16.2 Å². The van der Waals surface area contributed by atoms with Gasteiger partial charge in [0.05, 0.1) is 17.9 Å². The van der Waals surface area contributed by atoms with E-state index in [1.54, 1.807) is 37.3 Å². The number of anilines is 1. The molecule has 10 heteroatoms. The van der Waals surface area contributed by atoms with E-state index in [1.165, 1.54) is 42.5 Å². The Labute approximate surface area is 210 Å². The maximum Gasteiger partial charge on any atom is 0.335 e. The van der Waals surface area contributed by atoms with Crippen LogP contribution in [0.3, 0.4) is 0 Å². The predicted octanol–water partition coefficient (Wildman–Crippen LogP) is 4.17. The van der Waals surface area contributed by atoms with E-state index in [0.29, 0.717) is 29.2 Å². The molecule has 1 fully saturated rings. The molecule has 1 saturated heterocycles. The van der Waals surface area contributed by atoms with Crippen molar-refractivity contribution >= 4 is 35.6 Å². The normalized spacial score (nSPS) is 14.5. The first-order valence-electron chi connectivity index (χ1n) is 11.2. The van der Waals surface area contributed by atoms with Gasteiger partial charge in [-0.2, -0.15) is 0 Å².